The van der Waals surface area contributed by atoms with Crippen molar-refractivity contribution < 1.29 is 9.53 Å². The summed E-state index contributed by atoms with van der Waals surface area (Å²) in [5, 5.41) is 0. The lowest BCUT2D eigenvalue weighted by Gasteiger charge is -2.24. The molecule has 1 aromatic carbocycles. The number of ether oxygens (including phenoxy) is 1. The van der Waals surface area contributed by atoms with Crippen LogP contribution in [0.5, 0.6) is 0 Å². The molecule has 108 valence electrons. The molecule has 0 fully saturated rings. The fraction of sp³-hybridized carbons (Fsp3) is 0.438. The number of nitrogens with two attached hydrogens (primary N) is 1. The third-order valence-electron chi connectivity index (χ3n) is 3.20. The van der Waals surface area contributed by atoms with E-state index in [0.717, 1.165) is 11.1 Å². The maximum absolute atomic E-state index is 12.4. The summed E-state index contributed by atoms with van der Waals surface area (Å²) in [7, 11) is 3.40. The lowest BCUT2D eigenvalue weighted by molar-refractivity contribution is 0.0633. The van der Waals surface area contributed by atoms with Crippen LogP contribution in [0.3, 0.4) is 0 Å². The van der Waals surface area contributed by atoms with E-state index in [2.05, 4.69) is 11.8 Å². The summed E-state index contributed by atoms with van der Waals surface area (Å²) in [5.74, 6) is 5.77. The van der Waals surface area contributed by atoms with Crippen LogP contribution in [0.25, 0.3) is 0 Å². The highest BCUT2D eigenvalue weighted by molar-refractivity contribution is 5.94. The van der Waals surface area contributed by atoms with E-state index in [0.29, 0.717) is 18.7 Å². The highest BCUT2D eigenvalue weighted by Gasteiger charge is 2.17. The van der Waals surface area contributed by atoms with Gasteiger partial charge in [0.15, 0.2) is 0 Å². The van der Waals surface area contributed by atoms with Crippen molar-refractivity contribution in [3.8, 4) is 11.8 Å². The predicted molar refractivity (Wildman–Crippen MR) is 80.5 cm³/mol. The number of likely N-dealkylation sites (N-methyl/N-ethyl adjacent to an activating group) is 1. The molecular formula is C16H22N2O2. The van der Waals surface area contributed by atoms with Crippen LogP contribution in [-0.4, -0.2) is 44.2 Å². The van der Waals surface area contributed by atoms with Gasteiger partial charge < -0.3 is 15.4 Å². The van der Waals surface area contributed by atoms with Gasteiger partial charge in [0.25, 0.3) is 5.91 Å². The summed E-state index contributed by atoms with van der Waals surface area (Å²) in [6.07, 6.45) is 0. The molecule has 0 saturated heterocycles. The van der Waals surface area contributed by atoms with Crippen LogP contribution in [0.2, 0.25) is 0 Å². The number of aryl methyl sites for hydroxylation is 1. The maximum atomic E-state index is 12.4. The van der Waals surface area contributed by atoms with Crippen LogP contribution in [0.1, 0.15) is 28.4 Å². The largest absolute Gasteiger partial charge is 0.383 e. The van der Waals surface area contributed by atoms with Crippen molar-refractivity contribution in [2.75, 3.05) is 27.3 Å². The van der Waals surface area contributed by atoms with Crippen molar-refractivity contribution in [2.24, 2.45) is 5.73 Å². The number of carbonyl (C=O) groups is 1. The summed E-state index contributed by atoms with van der Waals surface area (Å²) < 4.78 is 5.08. The Morgan fingerprint density at radius 2 is 2.20 bits per heavy atom. The molecule has 1 rings (SSSR count). The Labute approximate surface area is 120 Å². The Morgan fingerprint density at radius 3 is 2.80 bits per heavy atom. The first-order chi connectivity index (χ1) is 9.51. The van der Waals surface area contributed by atoms with Gasteiger partial charge in [-0.2, -0.15) is 0 Å². The molecule has 0 heterocycles. The van der Waals surface area contributed by atoms with Gasteiger partial charge in [0.2, 0.25) is 0 Å². The van der Waals surface area contributed by atoms with Crippen molar-refractivity contribution in [3.05, 3.63) is 34.9 Å². The molecule has 0 spiro atoms. The Hall–Kier alpha value is -1.83. The molecule has 0 aromatic heterocycles. The SMILES string of the molecule is COCC(C)N(C)C(=O)c1ccc(C)c(C#CCN)c1. The van der Waals surface area contributed by atoms with E-state index < -0.39 is 0 Å². The number of methoxy groups -OCH3 is 1. The maximum Gasteiger partial charge on any atom is 0.253 e. The summed E-state index contributed by atoms with van der Waals surface area (Å²) in [6, 6.07) is 5.56. The Bertz CT molecular complexity index is 529. The minimum absolute atomic E-state index is 0.0207. The van der Waals surface area contributed by atoms with Gasteiger partial charge in [-0.15, -0.1) is 0 Å². The zero-order chi connectivity index (χ0) is 15.1. The zero-order valence-corrected chi connectivity index (χ0v) is 12.6. The minimum atomic E-state index is -0.0367. The number of carbonyl (C=O) groups excluding carboxylic acids is 1. The predicted octanol–water partition coefficient (Wildman–Crippen LogP) is 1.41. The van der Waals surface area contributed by atoms with Crippen LogP contribution in [0.15, 0.2) is 18.2 Å². The average Bonchev–Trinajstić information content (AvgIpc) is 2.45. The van der Waals surface area contributed by atoms with Gasteiger partial charge in [-0.3, -0.25) is 4.79 Å². The third kappa shape index (κ3) is 4.09. The number of benzene rings is 1. The quantitative estimate of drug-likeness (QED) is 0.845. The average molecular weight is 274 g/mol. The number of amides is 1. The molecule has 0 radical (unpaired) electrons. The molecular weight excluding hydrogens is 252 g/mol. The van der Waals surface area contributed by atoms with Crippen molar-refractivity contribution >= 4 is 5.91 Å². The van der Waals surface area contributed by atoms with Gasteiger partial charge in [0.05, 0.1) is 19.2 Å². The van der Waals surface area contributed by atoms with E-state index in [9.17, 15) is 4.79 Å². The molecule has 2 N–H and O–H groups in total. The van der Waals surface area contributed by atoms with Gasteiger partial charge in [0, 0.05) is 25.3 Å². The standard InChI is InChI=1S/C16H22N2O2/c1-12-7-8-15(10-14(12)6-5-9-17)16(19)18(3)13(2)11-20-4/h7-8,10,13H,9,11,17H2,1-4H3. The minimum Gasteiger partial charge on any atom is -0.383 e. The number of hydrogen-bond donors (Lipinski definition) is 1. The van der Waals surface area contributed by atoms with E-state index in [1.807, 2.05) is 32.0 Å². The normalized spacial score (nSPS) is 11.4. The molecule has 1 atom stereocenters. The number of hydrogen-bond acceptors (Lipinski definition) is 3. The second-order valence-electron chi connectivity index (χ2n) is 4.76. The first-order valence-electron chi connectivity index (χ1n) is 6.57. The lowest BCUT2D eigenvalue weighted by atomic mass is 10.0. The van der Waals surface area contributed by atoms with Gasteiger partial charge in [-0.05, 0) is 31.5 Å². The van der Waals surface area contributed by atoms with Crippen LogP contribution >= 0.6 is 0 Å². The molecule has 0 bridgehead atoms. The van der Waals surface area contributed by atoms with Gasteiger partial charge in [-0.25, -0.2) is 0 Å². The smallest absolute Gasteiger partial charge is 0.253 e. The van der Waals surface area contributed by atoms with Gasteiger partial charge in [0.1, 0.15) is 0 Å². The van der Waals surface area contributed by atoms with Crippen molar-refractivity contribution in [1.29, 1.82) is 0 Å². The molecule has 0 aliphatic carbocycles. The molecule has 0 saturated carbocycles. The van der Waals surface area contributed by atoms with Crippen molar-refractivity contribution in [1.82, 2.24) is 4.90 Å². The Balaban J connectivity index is 2.99. The Morgan fingerprint density at radius 1 is 1.50 bits per heavy atom. The molecule has 1 unspecified atom stereocenters. The summed E-state index contributed by atoms with van der Waals surface area (Å²) >= 11 is 0. The first kappa shape index (κ1) is 16.2. The van der Waals surface area contributed by atoms with E-state index in [1.165, 1.54) is 0 Å². The van der Waals surface area contributed by atoms with Gasteiger partial charge >= 0.3 is 0 Å². The van der Waals surface area contributed by atoms with E-state index in [-0.39, 0.29) is 11.9 Å². The van der Waals surface area contributed by atoms with E-state index in [1.54, 1.807) is 19.1 Å². The van der Waals surface area contributed by atoms with Gasteiger partial charge in [-0.1, -0.05) is 17.9 Å². The van der Waals surface area contributed by atoms with Crippen molar-refractivity contribution in [3.63, 3.8) is 0 Å². The Kier molecular flexibility index (Phi) is 6.23. The number of nitrogens with zero attached hydrogens (tertiary/aromatic N) is 1. The monoisotopic (exact) mass is 274 g/mol. The molecule has 0 aliphatic heterocycles. The molecule has 1 aromatic rings. The topological polar surface area (TPSA) is 55.6 Å². The van der Waals surface area contributed by atoms with Crippen LogP contribution in [0.4, 0.5) is 0 Å². The lowest BCUT2D eigenvalue weighted by Crippen LogP contribution is -2.37. The third-order valence-corrected chi connectivity index (χ3v) is 3.20. The van der Waals surface area contributed by atoms with Crippen LogP contribution in [-0.2, 0) is 4.74 Å². The first-order valence-corrected chi connectivity index (χ1v) is 6.57. The highest BCUT2D eigenvalue weighted by atomic mass is 16.5. The zero-order valence-electron chi connectivity index (χ0n) is 12.6. The molecule has 20 heavy (non-hydrogen) atoms. The summed E-state index contributed by atoms with van der Waals surface area (Å²) in [6.45, 7) is 4.73. The molecule has 4 nitrogen and oxygen atoms in total. The number of rotatable bonds is 4. The molecule has 1 amide bonds. The summed E-state index contributed by atoms with van der Waals surface area (Å²) in [5.41, 5.74) is 7.89. The molecule has 4 heteroatoms. The van der Waals surface area contributed by atoms with Crippen LogP contribution < -0.4 is 5.73 Å². The van der Waals surface area contributed by atoms with Crippen molar-refractivity contribution in [2.45, 2.75) is 19.9 Å². The van der Waals surface area contributed by atoms with E-state index >= 15 is 0 Å². The summed E-state index contributed by atoms with van der Waals surface area (Å²) in [4.78, 5) is 14.1. The van der Waals surface area contributed by atoms with Crippen LogP contribution in [0, 0.1) is 18.8 Å². The highest BCUT2D eigenvalue weighted by Crippen LogP contribution is 2.13. The second-order valence-corrected chi connectivity index (χ2v) is 4.76. The van der Waals surface area contributed by atoms with E-state index in [4.69, 9.17) is 10.5 Å². The molecule has 0 aliphatic rings. The fourth-order valence-corrected chi connectivity index (χ4v) is 1.79. The fourth-order valence-electron chi connectivity index (χ4n) is 1.79. The second kappa shape index (κ2) is 7.68.